The Morgan fingerprint density at radius 3 is 2.86 bits per heavy atom. The summed E-state index contributed by atoms with van der Waals surface area (Å²) in [5.74, 6) is 0.949. The van der Waals surface area contributed by atoms with Gasteiger partial charge in [-0.05, 0) is 48.6 Å². The topological polar surface area (TPSA) is 51.2 Å². The van der Waals surface area contributed by atoms with Crippen molar-refractivity contribution in [2.24, 2.45) is 0 Å². The summed E-state index contributed by atoms with van der Waals surface area (Å²) in [5.41, 5.74) is 3.15. The van der Waals surface area contributed by atoms with Crippen LogP contribution in [0.3, 0.4) is 0 Å². The van der Waals surface area contributed by atoms with Crippen LogP contribution in [0.5, 0.6) is 5.75 Å². The first-order chi connectivity index (χ1) is 10.3. The highest BCUT2D eigenvalue weighted by molar-refractivity contribution is 5.93. The molecule has 0 unspecified atom stereocenters. The van der Waals surface area contributed by atoms with Crippen molar-refractivity contribution in [2.45, 2.75) is 19.3 Å². The molecular weight excluding hydrogens is 300 g/mol. The van der Waals surface area contributed by atoms with E-state index in [1.54, 1.807) is 24.5 Å². The van der Waals surface area contributed by atoms with Crippen molar-refractivity contribution in [3.63, 3.8) is 0 Å². The zero-order valence-corrected chi connectivity index (χ0v) is 13.1. The maximum Gasteiger partial charge on any atom is 0.251 e. The number of hydrogen-bond acceptors (Lipinski definition) is 3. The zero-order chi connectivity index (χ0) is 14.5. The molecule has 2 aromatic rings. The van der Waals surface area contributed by atoms with E-state index in [9.17, 15) is 4.79 Å². The van der Waals surface area contributed by atoms with E-state index < -0.39 is 0 Å². The molecule has 0 aliphatic carbocycles. The Balaban J connectivity index is 0.00000176. The fraction of sp³-hybridized carbons (Fsp3) is 0.294. The fourth-order valence-electron chi connectivity index (χ4n) is 2.49. The van der Waals surface area contributed by atoms with Gasteiger partial charge in [0.2, 0.25) is 0 Å². The second kappa shape index (κ2) is 7.80. The molecule has 0 atom stereocenters. The summed E-state index contributed by atoms with van der Waals surface area (Å²) in [7, 11) is 0. The second-order valence-electron chi connectivity index (χ2n) is 5.14. The molecule has 5 heteroatoms. The molecule has 1 aromatic heterocycles. The van der Waals surface area contributed by atoms with Crippen molar-refractivity contribution in [1.82, 2.24) is 10.3 Å². The van der Waals surface area contributed by atoms with Gasteiger partial charge in [0.15, 0.2) is 0 Å². The first kappa shape index (κ1) is 16.3. The minimum Gasteiger partial charge on any atom is -0.493 e. The van der Waals surface area contributed by atoms with Crippen LogP contribution in [0.2, 0.25) is 0 Å². The number of hydrogen-bond donors (Lipinski definition) is 1. The highest BCUT2D eigenvalue weighted by Crippen LogP contribution is 2.25. The number of aryl methyl sites for hydroxylation is 1. The van der Waals surface area contributed by atoms with E-state index in [4.69, 9.17) is 4.74 Å². The number of fused-ring (bicyclic) bond motifs is 1. The SMILES string of the molecule is Cl.O=C(NCCc1ccc2c(c1)CCCO2)c1ccncc1. The van der Waals surface area contributed by atoms with Gasteiger partial charge in [-0.15, -0.1) is 12.4 Å². The number of amides is 1. The molecular formula is C17H19ClN2O2. The zero-order valence-electron chi connectivity index (χ0n) is 12.2. The predicted molar refractivity (Wildman–Crippen MR) is 87.8 cm³/mol. The summed E-state index contributed by atoms with van der Waals surface area (Å²) < 4.78 is 5.60. The van der Waals surface area contributed by atoms with Crippen molar-refractivity contribution in [2.75, 3.05) is 13.2 Å². The Bertz CT molecular complexity index is 632. The van der Waals surface area contributed by atoms with Crippen LogP contribution in [0.25, 0.3) is 0 Å². The van der Waals surface area contributed by atoms with Crippen LogP contribution >= 0.6 is 12.4 Å². The minimum absolute atomic E-state index is 0. The number of aromatic nitrogens is 1. The van der Waals surface area contributed by atoms with Gasteiger partial charge in [0, 0.05) is 24.5 Å². The number of carbonyl (C=O) groups excluding carboxylic acids is 1. The molecule has 0 saturated carbocycles. The predicted octanol–water partition coefficient (Wildman–Crippen LogP) is 2.80. The van der Waals surface area contributed by atoms with E-state index in [1.807, 2.05) is 6.07 Å². The molecule has 1 N–H and O–H groups in total. The van der Waals surface area contributed by atoms with E-state index in [0.717, 1.165) is 31.6 Å². The van der Waals surface area contributed by atoms with Gasteiger partial charge in [-0.25, -0.2) is 0 Å². The van der Waals surface area contributed by atoms with Crippen molar-refractivity contribution >= 4 is 18.3 Å². The molecule has 116 valence electrons. The van der Waals surface area contributed by atoms with Crippen LogP contribution in [0.15, 0.2) is 42.7 Å². The average molecular weight is 319 g/mol. The minimum atomic E-state index is -0.0568. The van der Waals surface area contributed by atoms with E-state index in [-0.39, 0.29) is 18.3 Å². The van der Waals surface area contributed by atoms with Crippen LogP contribution < -0.4 is 10.1 Å². The van der Waals surface area contributed by atoms with Gasteiger partial charge >= 0.3 is 0 Å². The Morgan fingerprint density at radius 1 is 1.23 bits per heavy atom. The van der Waals surface area contributed by atoms with Crippen LogP contribution in [0, 0.1) is 0 Å². The molecule has 4 nitrogen and oxygen atoms in total. The maximum atomic E-state index is 11.9. The summed E-state index contributed by atoms with van der Waals surface area (Å²) in [4.78, 5) is 15.8. The number of benzene rings is 1. The number of nitrogens with one attached hydrogen (secondary N) is 1. The largest absolute Gasteiger partial charge is 0.493 e. The van der Waals surface area contributed by atoms with Crippen LogP contribution in [-0.4, -0.2) is 24.0 Å². The molecule has 0 radical (unpaired) electrons. The molecule has 2 heterocycles. The molecule has 0 bridgehead atoms. The number of ether oxygens (including phenoxy) is 1. The number of halogens is 1. The van der Waals surface area contributed by atoms with Crippen LogP contribution in [-0.2, 0) is 12.8 Å². The first-order valence-corrected chi connectivity index (χ1v) is 7.26. The lowest BCUT2D eigenvalue weighted by atomic mass is 10.0. The average Bonchev–Trinajstić information content (AvgIpc) is 2.55. The van der Waals surface area contributed by atoms with Gasteiger partial charge in [0.25, 0.3) is 5.91 Å². The summed E-state index contributed by atoms with van der Waals surface area (Å²) in [6, 6.07) is 9.72. The van der Waals surface area contributed by atoms with Crippen molar-refractivity contribution in [1.29, 1.82) is 0 Å². The number of pyridine rings is 1. The third-order valence-electron chi connectivity index (χ3n) is 3.61. The van der Waals surface area contributed by atoms with Gasteiger partial charge in [-0.1, -0.05) is 12.1 Å². The molecule has 1 amide bonds. The monoisotopic (exact) mass is 318 g/mol. The van der Waals surface area contributed by atoms with Gasteiger partial charge in [0.05, 0.1) is 6.61 Å². The van der Waals surface area contributed by atoms with Crippen molar-refractivity contribution in [3.8, 4) is 5.75 Å². The molecule has 1 aliphatic rings. The van der Waals surface area contributed by atoms with Crippen molar-refractivity contribution in [3.05, 3.63) is 59.4 Å². The van der Waals surface area contributed by atoms with E-state index in [1.165, 1.54) is 11.1 Å². The quantitative estimate of drug-likeness (QED) is 0.943. The molecule has 22 heavy (non-hydrogen) atoms. The smallest absolute Gasteiger partial charge is 0.251 e. The molecule has 0 spiro atoms. The Hall–Kier alpha value is -2.07. The second-order valence-corrected chi connectivity index (χ2v) is 5.14. The van der Waals surface area contributed by atoms with Gasteiger partial charge in [-0.2, -0.15) is 0 Å². The van der Waals surface area contributed by atoms with Gasteiger partial charge in [-0.3, -0.25) is 9.78 Å². The molecule has 3 rings (SSSR count). The standard InChI is InChI=1S/C17H18N2O2.ClH/c20-17(14-6-8-18-9-7-14)19-10-5-13-3-4-16-15(12-13)2-1-11-21-16;/h3-4,6-9,12H,1-2,5,10-11H2,(H,19,20);1H. The Morgan fingerprint density at radius 2 is 2.05 bits per heavy atom. The normalized spacial score (nSPS) is 12.5. The third-order valence-corrected chi connectivity index (χ3v) is 3.61. The summed E-state index contributed by atoms with van der Waals surface area (Å²) in [6.45, 7) is 1.44. The molecule has 0 saturated heterocycles. The first-order valence-electron chi connectivity index (χ1n) is 7.26. The van der Waals surface area contributed by atoms with Crippen molar-refractivity contribution < 1.29 is 9.53 Å². The lowest BCUT2D eigenvalue weighted by Gasteiger charge is -2.17. The third kappa shape index (κ3) is 3.98. The van der Waals surface area contributed by atoms with Gasteiger partial charge < -0.3 is 10.1 Å². The summed E-state index contributed by atoms with van der Waals surface area (Å²) in [6.07, 6.45) is 6.22. The summed E-state index contributed by atoms with van der Waals surface area (Å²) in [5, 5.41) is 2.93. The van der Waals surface area contributed by atoms with E-state index >= 15 is 0 Å². The molecule has 1 aromatic carbocycles. The van der Waals surface area contributed by atoms with Gasteiger partial charge in [0.1, 0.15) is 5.75 Å². The van der Waals surface area contributed by atoms with E-state index in [0.29, 0.717) is 12.1 Å². The lowest BCUT2D eigenvalue weighted by molar-refractivity contribution is 0.0954. The van der Waals surface area contributed by atoms with Crippen LogP contribution in [0.4, 0.5) is 0 Å². The number of carbonyl (C=O) groups is 1. The van der Waals surface area contributed by atoms with Crippen LogP contribution in [0.1, 0.15) is 27.9 Å². The summed E-state index contributed by atoms with van der Waals surface area (Å²) >= 11 is 0. The maximum absolute atomic E-state index is 11.9. The molecule has 0 fully saturated rings. The fourth-order valence-corrected chi connectivity index (χ4v) is 2.49. The highest BCUT2D eigenvalue weighted by Gasteiger charge is 2.10. The lowest BCUT2D eigenvalue weighted by Crippen LogP contribution is -2.25. The van der Waals surface area contributed by atoms with E-state index in [2.05, 4.69) is 22.4 Å². The Kier molecular flexibility index (Phi) is 5.78. The highest BCUT2D eigenvalue weighted by atomic mass is 35.5. The number of nitrogens with zero attached hydrogens (tertiary/aromatic N) is 1. The molecule has 1 aliphatic heterocycles. The Labute approximate surface area is 136 Å². The number of rotatable bonds is 4.